The third kappa shape index (κ3) is 5.40. The van der Waals surface area contributed by atoms with Crippen molar-refractivity contribution in [2.45, 2.75) is 25.6 Å². The van der Waals surface area contributed by atoms with E-state index in [1.807, 2.05) is 6.07 Å². The van der Waals surface area contributed by atoms with Gasteiger partial charge in [-0.05, 0) is 43.6 Å². The normalized spacial score (nSPS) is 22.1. The van der Waals surface area contributed by atoms with Crippen molar-refractivity contribution in [2.24, 2.45) is 11.3 Å². The Balaban J connectivity index is 0.000000339. The molecule has 3 aliphatic rings. The summed E-state index contributed by atoms with van der Waals surface area (Å²) in [6, 6.07) is 6.16. The van der Waals surface area contributed by atoms with Crippen LogP contribution in [0.1, 0.15) is 18.4 Å². The molecule has 0 bridgehead atoms. The van der Waals surface area contributed by atoms with Crippen molar-refractivity contribution < 1.29 is 42.1 Å². The molecule has 1 atom stereocenters. The minimum atomic E-state index is -5.08. The van der Waals surface area contributed by atoms with Crippen LogP contribution in [-0.4, -0.2) is 68.2 Å². The highest BCUT2D eigenvalue weighted by Crippen LogP contribution is 2.42. The summed E-state index contributed by atoms with van der Waals surface area (Å²) in [5.74, 6) is -0.940. The maximum absolute atomic E-state index is 12.1. The molecule has 3 heterocycles. The molecule has 4 rings (SSSR count). The number of carbonyl (C=O) groups is 2. The Morgan fingerprint density at radius 3 is 2.55 bits per heavy atom. The average molecular weight is 446 g/mol. The van der Waals surface area contributed by atoms with Gasteiger partial charge in [-0.1, -0.05) is 6.07 Å². The van der Waals surface area contributed by atoms with Gasteiger partial charge < -0.3 is 24.6 Å². The summed E-state index contributed by atoms with van der Waals surface area (Å²) in [6.45, 7) is 4.54. The molecule has 1 spiro atoms. The fourth-order valence-electron chi connectivity index (χ4n) is 4.19. The van der Waals surface area contributed by atoms with E-state index in [-0.39, 0.29) is 17.2 Å². The summed E-state index contributed by atoms with van der Waals surface area (Å²) in [5, 5.41) is 10.2. The van der Waals surface area contributed by atoms with Crippen LogP contribution < -0.4 is 14.8 Å². The van der Waals surface area contributed by atoms with Gasteiger partial charge in [0.1, 0.15) is 0 Å². The van der Waals surface area contributed by atoms with Crippen LogP contribution in [0.2, 0.25) is 0 Å². The fraction of sp³-hybridized carbons (Fsp3) is 0.600. The molecule has 3 aliphatic heterocycles. The predicted molar refractivity (Wildman–Crippen MR) is 102 cm³/mol. The van der Waals surface area contributed by atoms with E-state index in [0.717, 1.165) is 50.5 Å². The molecule has 1 unspecified atom stereocenters. The van der Waals surface area contributed by atoms with Crippen LogP contribution in [0.15, 0.2) is 18.2 Å². The lowest BCUT2D eigenvalue weighted by Gasteiger charge is -2.41. The number of hydrogen-bond donors (Lipinski definition) is 2. The Morgan fingerprint density at radius 2 is 1.94 bits per heavy atom. The maximum atomic E-state index is 12.1. The van der Waals surface area contributed by atoms with Gasteiger partial charge in [-0.2, -0.15) is 13.2 Å². The second-order valence-electron chi connectivity index (χ2n) is 7.85. The van der Waals surface area contributed by atoms with E-state index in [0.29, 0.717) is 13.4 Å². The zero-order valence-electron chi connectivity index (χ0n) is 17.0. The number of nitrogens with zero attached hydrogens (tertiary/aromatic N) is 1. The molecule has 1 aromatic carbocycles. The standard InChI is InChI=1S/C18H24N2O4.C2HF3O2/c1-22-10-14-17(21)19-11-18(14)4-6-20(7-5-18)9-13-2-3-15-16(8-13)24-12-23-15;3-2(4,5)1(6)7/h2-3,8,14H,4-7,9-12H2,1H3,(H,19,21);(H,6,7). The molecule has 11 heteroatoms. The Morgan fingerprint density at radius 1 is 1.29 bits per heavy atom. The van der Waals surface area contributed by atoms with Crippen LogP contribution in [-0.2, 0) is 20.9 Å². The Bertz CT molecular complexity index is 809. The number of rotatable bonds is 4. The number of carbonyl (C=O) groups excluding carboxylic acids is 1. The number of halogens is 3. The summed E-state index contributed by atoms with van der Waals surface area (Å²) in [5.41, 5.74) is 1.31. The van der Waals surface area contributed by atoms with Gasteiger partial charge >= 0.3 is 12.1 Å². The van der Waals surface area contributed by atoms with Gasteiger partial charge in [-0.3, -0.25) is 9.69 Å². The maximum Gasteiger partial charge on any atom is 0.490 e. The second kappa shape index (κ2) is 9.31. The number of amides is 1. The minimum Gasteiger partial charge on any atom is -0.475 e. The Labute approximate surface area is 177 Å². The topological polar surface area (TPSA) is 97.3 Å². The smallest absolute Gasteiger partial charge is 0.475 e. The number of fused-ring (bicyclic) bond motifs is 1. The predicted octanol–water partition coefficient (Wildman–Crippen LogP) is 2.02. The van der Waals surface area contributed by atoms with Crippen LogP contribution in [0.5, 0.6) is 11.5 Å². The molecule has 2 saturated heterocycles. The van der Waals surface area contributed by atoms with Crippen molar-refractivity contribution in [3.63, 3.8) is 0 Å². The number of nitrogens with one attached hydrogen (secondary N) is 1. The number of carboxylic acids is 1. The molecule has 0 aromatic heterocycles. The first-order valence-electron chi connectivity index (χ1n) is 9.82. The number of benzene rings is 1. The van der Waals surface area contributed by atoms with Crippen molar-refractivity contribution >= 4 is 11.9 Å². The number of carboxylic acid groups (broad SMARTS) is 1. The number of hydrogen-bond acceptors (Lipinski definition) is 6. The van der Waals surface area contributed by atoms with Crippen molar-refractivity contribution in [3.05, 3.63) is 23.8 Å². The molecule has 0 saturated carbocycles. The van der Waals surface area contributed by atoms with E-state index in [4.69, 9.17) is 24.1 Å². The highest BCUT2D eigenvalue weighted by Gasteiger charge is 2.49. The number of ether oxygens (including phenoxy) is 3. The van der Waals surface area contributed by atoms with Crippen LogP contribution in [0, 0.1) is 11.3 Å². The van der Waals surface area contributed by atoms with Crippen molar-refractivity contribution in [3.8, 4) is 11.5 Å². The summed E-state index contributed by atoms with van der Waals surface area (Å²) in [7, 11) is 1.67. The van der Waals surface area contributed by atoms with Crippen LogP contribution in [0.4, 0.5) is 13.2 Å². The van der Waals surface area contributed by atoms with Gasteiger partial charge in [-0.15, -0.1) is 0 Å². The molecule has 1 aromatic rings. The summed E-state index contributed by atoms with van der Waals surface area (Å²) >= 11 is 0. The molecule has 2 fully saturated rings. The van der Waals surface area contributed by atoms with E-state index in [9.17, 15) is 18.0 Å². The van der Waals surface area contributed by atoms with E-state index >= 15 is 0 Å². The third-order valence-electron chi connectivity index (χ3n) is 5.94. The molecular formula is C20H25F3N2O6. The van der Waals surface area contributed by atoms with Gasteiger partial charge in [0.15, 0.2) is 11.5 Å². The lowest BCUT2D eigenvalue weighted by Crippen LogP contribution is -2.45. The zero-order valence-corrected chi connectivity index (χ0v) is 17.0. The van der Waals surface area contributed by atoms with E-state index in [1.54, 1.807) is 7.11 Å². The number of likely N-dealkylation sites (tertiary alicyclic amines) is 1. The Kier molecular flexibility index (Phi) is 6.95. The molecule has 2 N–H and O–H groups in total. The molecular weight excluding hydrogens is 421 g/mol. The largest absolute Gasteiger partial charge is 0.490 e. The lowest BCUT2D eigenvalue weighted by molar-refractivity contribution is -0.192. The zero-order chi connectivity index (χ0) is 22.6. The molecule has 8 nitrogen and oxygen atoms in total. The highest BCUT2D eigenvalue weighted by molar-refractivity contribution is 5.82. The van der Waals surface area contributed by atoms with E-state index in [1.165, 1.54) is 5.56 Å². The van der Waals surface area contributed by atoms with Crippen LogP contribution >= 0.6 is 0 Å². The highest BCUT2D eigenvalue weighted by atomic mass is 19.4. The molecule has 0 radical (unpaired) electrons. The first-order valence-corrected chi connectivity index (χ1v) is 9.82. The van der Waals surface area contributed by atoms with Gasteiger partial charge in [0.25, 0.3) is 0 Å². The number of alkyl halides is 3. The number of piperidine rings is 1. The lowest BCUT2D eigenvalue weighted by atomic mass is 9.71. The van der Waals surface area contributed by atoms with Crippen molar-refractivity contribution in [1.82, 2.24) is 10.2 Å². The molecule has 172 valence electrons. The van der Waals surface area contributed by atoms with Gasteiger partial charge in [0.2, 0.25) is 12.7 Å². The Hall–Kier alpha value is -2.53. The van der Waals surface area contributed by atoms with E-state index < -0.39 is 12.1 Å². The summed E-state index contributed by atoms with van der Waals surface area (Å²) < 4.78 is 47.8. The first-order chi connectivity index (χ1) is 14.6. The first kappa shape index (κ1) is 23.1. The average Bonchev–Trinajstić information content (AvgIpc) is 3.30. The van der Waals surface area contributed by atoms with Crippen molar-refractivity contribution in [1.29, 1.82) is 0 Å². The van der Waals surface area contributed by atoms with Gasteiger partial charge in [0, 0.05) is 25.6 Å². The minimum absolute atomic E-state index is 0.00445. The third-order valence-corrected chi connectivity index (χ3v) is 5.94. The van der Waals surface area contributed by atoms with Crippen LogP contribution in [0.3, 0.4) is 0 Å². The SMILES string of the molecule is COCC1C(=O)NCC12CCN(Cc1ccc3c(c1)OCO3)CC2.O=C(O)C(F)(F)F. The van der Waals surface area contributed by atoms with Gasteiger partial charge in [0.05, 0.1) is 12.5 Å². The summed E-state index contributed by atoms with van der Waals surface area (Å²) in [4.78, 5) is 23.4. The monoisotopic (exact) mass is 446 g/mol. The number of methoxy groups -OCH3 is 1. The molecule has 1 amide bonds. The molecule has 31 heavy (non-hydrogen) atoms. The molecule has 0 aliphatic carbocycles. The second-order valence-corrected chi connectivity index (χ2v) is 7.85. The van der Waals surface area contributed by atoms with Crippen LogP contribution in [0.25, 0.3) is 0 Å². The summed E-state index contributed by atoms with van der Waals surface area (Å²) in [6.07, 6.45) is -3.02. The fourth-order valence-corrected chi connectivity index (χ4v) is 4.19. The number of aliphatic carboxylic acids is 1. The quantitative estimate of drug-likeness (QED) is 0.731. The van der Waals surface area contributed by atoms with Gasteiger partial charge in [-0.25, -0.2) is 4.79 Å². The van der Waals surface area contributed by atoms with Crippen molar-refractivity contribution in [2.75, 3.05) is 40.1 Å². The van der Waals surface area contributed by atoms with E-state index in [2.05, 4.69) is 22.3 Å².